The summed E-state index contributed by atoms with van der Waals surface area (Å²) in [5.74, 6) is 1.40. The van der Waals surface area contributed by atoms with E-state index in [1.54, 1.807) is 36.7 Å². The summed E-state index contributed by atoms with van der Waals surface area (Å²) >= 11 is 11.7. The van der Waals surface area contributed by atoms with Crippen molar-refractivity contribution in [3.8, 4) is 17.1 Å². The highest BCUT2D eigenvalue weighted by atomic mass is 35.5. The number of hydrogen-bond donors (Lipinski definition) is 0. The molecule has 0 saturated heterocycles. The maximum atomic E-state index is 5.91. The Labute approximate surface area is 130 Å². The minimum Gasteiger partial charge on any atom is -0.484 e. The average molecular weight is 322 g/mol. The van der Waals surface area contributed by atoms with Gasteiger partial charge in [0, 0.05) is 24.0 Å². The van der Waals surface area contributed by atoms with Crippen LogP contribution >= 0.6 is 23.2 Å². The second-order valence-electron chi connectivity index (χ2n) is 4.12. The Hall–Kier alpha value is -2.11. The third-order valence-electron chi connectivity index (χ3n) is 2.64. The van der Waals surface area contributed by atoms with Crippen LogP contribution in [0.25, 0.3) is 11.4 Å². The van der Waals surface area contributed by atoms with Crippen LogP contribution in [0.1, 0.15) is 5.89 Å². The van der Waals surface area contributed by atoms with Crippen molar-refractivity contribution >= 4 is 23.2 Å². The summed E-state index contributed by atoms with van der Waals surface area (Å²) < 4.78 is 10.6. The Bertz CT molecular complexity index is 747. The fourth-order valence-electron chi connectivity index (χ4n) is 1.64. The summed E-state index contributed by atoms with van der Waals surface area (Å²) in [7, 11) is 0. The molecule has 106 valence electrons. The molecule has 0 radical (unpaired) electrons. The largest absolute Gasteiger partial charge is 0.484 e. The zero-order valence-corrected chi connectivity index (χ0v) is 12.2. The lowest BCUT2D eigenvalue weighted by Gasteiger charge is -2.03. The van der Waals surface area contributed by atoms with Crippen molar-refractivity contribution < 1.29 is 9.26 Å². The van der Waals surface area contributed by atoms with E-state index in [2.05, 4.69) is 15.1 Å². The highest BCUT2D eigenvalue weighted by Gasteiger charge is 2.09. The van der Waals surface area contributed by atoms with Gasteiger partial charge in [0.15, 0.2) is 6.61 Å². The fraction of sp³-hybridized carbons (Fsp3) is 0.0714. The van der Waals surface area contributed by atoms with Crippen LogP contribution in [0.4, 0.5) is 0 Å². The molecule has 3 rings (SSSR count). The van der Waals surface area contributed by atoms with Gasteiger partial charge in [-0.1, -0.05) is 28.4 Å². The first kappa shape index (κ1) is 13.9. The summed E-state index contributed by atoms with van der Waals surface area (Å²) in [5.41, 5.74) is 0.780. The van der Waals surface area contributed by atoms with Gasteiger partial charge in [-0.05, 0) is 24.3 Å². The van der Waals surface area contributed by atoms with Crippen LogP contribution in [0.3, 0.4) is 0 Å². The lowest BCUT2D eigenvalue weighted by molar-refractivity contribution is 0.243. The van der Waals surface area contributed by atoms with Crippen molar-refractivity contribution in [3.05, 3.63) is 58.7 Å². The summed E-state index contributed by atoms with van der Waals surface area (Å²) in [5, 5.41) is 4.78. The number of pyridine rings is 1. The van der Waals surface area contributed by atoms with E-state index in [1.807, 2.05) is 6.07 Å². The zero-order valence-electron chi connectivity index (χ0n) is 10.7. The molecule has 0 fully saturated rings. The Morgan fingerprint density at radius 2 is 2.05 bits per heavy atom. The van der Waals surface area contributed by atoms with Crippen LogP contribution in [-0.2, 0) is 6.61 Å². The van der Waals surface area contributed by atoms with Gasteiger partial charge in [-0.25, -0.2) is 0 Å². The number of nitrogens with zero attached hydrogens (tertiary/aromatic N) is 3. The van der Waals surface area contributed by atoms with Gasteiger partial charge in [0.1, 0.15) is 5.75 Å². The van der Waals surface area contributed by atoms with Gasteiger partial charge >= 0.3 is 0 Å². The SMILES string of the molecule is Clc1ccc(OCc2nc(-c3cccnc3)no2)cc1Cl. The zero-order chi connectivity index (χ0) is 14.7. The van der Waals surface area contributed by atoms with E-state index in [0.29, 0.717) is 27.5 Å². The predicted octanol–water partition coefficient (Wildman–Crippen LogP) is 4.02. The summed E-state index contributed by atoms with van der Waals surface area (Å²) in [6, 6.07) is 8.65. The molecule has 0 atom stereocenters. The molecule has 7 heteroatoms. The molecule has 0 aliphatic carbocycles. The number of benzene rings is 1. The van der Waals surface area contributed by atoms with Crippen molar-refractivity contribution in [1.29, 1.82) is 0 Å². The van der Waals surface area contributed by atoms with Crippen molar-refractivity contribution in [1.82, 2.24) is 15.1 Å². The summed E-state index contributed by atoms with van der Waals surface area (Å²) in [6.45, 7) is 0.144. The number of halogens is 2. The molecule has 1 aromatic carbocycles. The maximum Gasteiger partial charge on any atom is 0.264 e. The smallest absolute Gasteiger partial charge is 0.264 e. The molecule has 0 aliphatic rings. The molecule has 5 nitrogen and oxygen atoms in total. The van der Waals surface area contributed by atoms with Crippen LogP contribution in [0.5, 0.6) is 5.75 Å². The minimum absolute atomic E-state index is 0.144. The third kappa shape index (κ3) is 3.32. The summed E-state index contributed by atoms with van der Waals surface area (Å²) in [4.78, 5) is 8.24. The van der Waals surface area contributed by atoms with Crippen LogP contribution < -0.4 is 4.74 Å². The van der Waals surface area contributed by atoms with E-state index in [0.717, 1.165) is 5.56 Å². The second kappa shape index (κ2) is 6.11. The van der Waals surface area contributed by atoms with Gasteiger partial charge in [-0.15, -0.1) is 0 Å². The first-order valence-corrected chi connectivity index (χ1v) is 6.79. The number of aromatic nitrogens is 3. The van der Waals surface area contributed by atoms with Crippen molar-refractivity contribution in [3.63, 3.8) is 0 Å². The van der Waals surface area contributed by atoms with Crippen molar-refractivity contribution in [2.24, 2.45) is 0 Å². The monoisotopic (exact) mass is 321 g/mol. The van der Waals surface area contributed by atoms with Crippen LogP contribution in [0.2, 0.25) is 10.0 Å². The minimum atomic E-state index is 0.144. The Kier molecular flexibility index (Phi) is 4.03. The van der Waals surface area contributed by atoms with E-state index < -0.39 is 0 Å². The van der Waals surface area contributed by atoms with Gasteiger partial charge in [-0.2, -0.15) is 4.98 Å². The van der Waals surface area contributed by atoms with Crippen LogP contribution in [0, 0.1) is 0 Å². The van der Waals surface area contributed by atoms with Crippen molar-refractivity contribution in [2.75, 3.05) is 0 Å². The molecule has 2 aromatic heterocycles. The molecule has 0 aliphatic heterocycles. The Morgan fingerprint density at radius 3 is 2.81 bits per heavy atom. The maximum absolute atomic E-state index is 5.91. The molecule has 0 spiro atoms. The van der Waals surface area contributed by atoms with Gasteiger partial charge in [0.05, 0.1) is 10.0 Å². The van der Waals surface area contributed by atoms with E-state index in [9.17, 15) is 0 Å². The van der Waals surface area contributed by atoms with E-state index in [-0.39, 0.29) is 6.61 Å². The number of hydrogen-bond acceptors (Lipinski definition) is 5. The first-order chi connectivity index (χ1) is 10.2. The number of ether oxygens (including phenoxy) is 1. The lowest BCUT2D eigenvalue weighted by Crippen LogP contribution is -1.95. The van der Waals surface area contributed by atoms with Crippen LogP contribution in [0.15, 0.2) is 47.2 Å². The standard InChI is InChI=1S/C14H9Cl2N3O2/c15-11-4-3-10(6-12(11)16)20-8-13-18-14(19-21-13)9-2-1-5-17-7-9/h1-7H,8H2. The van der Waals surface area contributed by atoms with Gasteiger partial charge in [0.25, 0.3) is 5.89 Å². The molecule has 0 amide bonds. The molecule has 0 N–H and O–H groups in total. The first-order valence-electron chi connectivity index (χ1n) is 6.03. The number of rotatable bonds is 4. The molecular weight excluding hydrogens is 313 g/mol. The van der Waals surface area contributed by atoms with Gasteiger partial charge < -0.3 is 9.26 Å². The second-order valence-corrected chi connectivity index (χ2v) is 4.93. The Morgan fingerprint density at radius 1 is 1.14 bits per heavy atom. The van der Waals surface area contributed by atoms with Gasteiger partial charge in [0.2, 0.25) is 5.82 Å². The normalized spacial score (nSPS) is 10.6. The third-order valence-corrected chi connectivity index (χ3v) is 3.38. The molecule has 2 heterocycles. The van der Waals surface area contributed by atoms with Crippen LogP contribution in [-0.4, -0.2) is 15.1 Å². The van der Waals surface area contributed by atoms with Crippen molar-refractivity contribution in [2.45, 2.75) is 6.61 Å². The average Bonchev–Trinajstić information content (AvgIpc) is 2.98. The predicted molar refractivity (Wildman–Crippen MR) is 78.3 cm³/mol. The molecule has 21 heavy (non-hydrogen) atoms. The van der Waals surface area contributed by atoms with E-state index >= 15 is 0 Å². The Balaban J connectivity index is 1.69. The molecular formula is C14H9Cl2N3O2. The summed E-state index contributed by atoms with van der Waals surface area (Å²) in [6.07, 6.45) is 3.34. The van der Waals surface area contributed by atoms with Gasteiger partial charge in [-0.3, -0.25) is 4.98 Å². The highest BCUT2D eigenvalue weighted by molar-refractivity contribution is 6.42. The van der Waals surface area contributed by atoms with E-state index in [1.165, 1.54) is 0 Å². The molecule has 0 unspecified atom stereocenters. The molecule has 3 aromatic rings. The molecule has 0 bridgehead atoms. The topological polar surface area (TPSA) is 61.0 Å². The van der Waals surface area contributed by atoms with E-state index in [4.69, 9.17) is 32.5 Å². The quantitative estimate of drug-likeness (QED) is 0.726. The lowest BCUT2D eigenvalue weighted by atomic mass is 10.3. The molecule has 0 saturated carbocycles. The highest BCUT2D eigenvalue weighted by Crippen LogP contribution is 2.26. The fourth-order valence-corrected chi connectivity index (χ4v) is 1.93.